The maximum atomic E-state index is 12.0. The van der Waals surface area contributed by atoms with Gasteiger partial charge < -0.3 is 20.1 Å². The fraction of sp³-hybridized carbons (Fsp3) is 0.474. The molecule has 0 saturated carbocycles. The fourth-order valence-electron chi connectivity index (χ4n) is 2.41. The molecule has 9 nitrogen and oxygen atoms in total. The zero-order valence-corrected chi connectivity index (χ0v) is 16.9. The van der Waals surface area contributed by atoms with Crippen LogP contribution in [0.1, 0.15) is 33.3 Å². The van der Waals surface area contributed by atoms with E-state index in [0.717, 1.165) is 5.56 Å². The Labute approximate surface area is 165 Å². The lowest BCUT2D eigenvalue weighted by atomic mass is 10.1. The molecule has 0 aliphatic heterocycles. The van der Waals surface area contributed by atoms with Crippen molar-refractivity contribution in [1.29, 1.82) is 0 Å². The van der Waals surface area contributed by atoms with Gasteiger partial charge in [0.15, 0.2) is 18.1 Å². The third-order valence-electron chi connectivity index (χ3n) is 3.47. The van der Waals surface area contributed by atoms with Crippen LogP contribution < -0.4 is 20.1 Å². The number of amides is 1. The van der Waals surface area contributed by atoms with Gasteiger partial charge in [0, 0.05) is 12.1 Å². The number of tetrazole rings is 1. The molecule has 0 spiro atoms. The van der Waals surface area contributed by atoms with E-state index in [4.69, 9.17) is 9.47 Å². The van der Waals surface area contributed by atoms with E-state index in [-0.39, 0.29) is 18.1 Å². The zero-order valence-electron chi connectivity index (χ0n) is 16.9. The van der Waals surface area contributed by atoms with Crippen LogP contribution in [0.15, 0.2) is 30.9 Å². The summed E-state index contributed by atoms with van der Waals surface area (Å²) in [7, 11) is 0. The Bertz CT molecular complexity index is 797. The van der Waals surface area contributed by atoms with E-state index in [1.54, 1.807) is 16.8 Å². The van der Waals surface area contributed by atoms with Gasteiger partial charge >= 0.3 is 0 Å². The monoisotopic (exact) mass is 388 g/mol. The molecule has 0 bridgehead atoms. The predicted octanol–water partition coefficient (Wildman–Crippen LogP) is 2.16. The normalized spacial score (nSPS) is 11.0. The van der Waals surface area contributed by atoms with Gasteiger partial charge in [-0.25, -0.2) is 4.68 Å². The number of carbonyl (C=O) groups is 1. The van der Waals surface area contributed by atoms with Crippen LogP contribution in [0, 0.1) is 0 Å². The third kappa shape index (κ3) is 6.57. The molecule has 0 aliphatic carbocycles. The molecule has 0 fully saturated rings. The maximum Gasteiger partial charge on any atom is 0.258 e. The molecule has 0 aliphatic rings. The standard InChI is InChI=1S/C19H28N6O3/c1-6-10-25-18(22-23-24-25)20-12-14-8-9-15(16(11-14)27-7-2)28-13-17(26)21-19(3,4)5/h6,8-9,11H,1,7,10,12-13H2,2-5H3,(H,21,26)(H,20,22,24). The van der Waals surface area contributed by atoms with Crippen molar-refractivity contribution in [3.8, 4) is 11.5 Å². The molecular weight excluding hydrogens is 360 g/mol. The van der Waals surface area contributed by atoms with Gasteiger partial charge in [-0.2, -0.15) is 0 Å². The van der Waals surface area contributed by atoms with Crippen molar-refractivity contribution < 1.29 is 14.3 Å². The molecule has 0 unspecified atom stereocenters. The van der Waals surface area contributed by atoms with Gasteiger partial charge in [0.05, 0.1) is 13.2 Å². The van der Waals surface area contributed by atoms with Crippen molar-refractivity contribution in [3.63, 3.8) is 0 Å². The van der Waals surface area contributed by atoms with E-state index in [9.17, 15) is 4.79 Å². The van der Waals surface area contributed by atoms with Gasteiger partial charge in [-0.05, 0) is 55.8 Å². The first-order valence-electron chi connectivity index (χ1n) is 9.13. The number of hydrogen-bond acceptors (Lipinski definition) is 7. The molecule has 1 aromatic heterocycles. The van der Waals surface area contributed by atoms with E-state index < -0.39 is 0 Å². The highest BCUT2D eigenvalue weighted by Crippen LogP contribution is 2.28. The topological polar surface area (TPSA) is 103 Å². The lowest BCUT2D eigenvalue weighted by Gasteiger charge is -2.21. The Hall–Kier alpha value is -3.10. The Morgan fingerprint density at radius 2 is 2.07 bits per heavy atom. The van der Waals surface area contributed by atoms with E-state index in [2.05, 4.69) is 32.7 Å². The summed E-state index contributed by atoms with van der Waals surface area (Å²) in [5.41, 5.74) is 0.655. The molecule has 152 valence electrons. The summed E-state index contributed by atoms with van der Waals surface area (Å²) < 4.78 is 12.9. The molecule has 0 atom stereocenters. The van der Waals surface area contributed by atoms with Crippen LogP contribution in [-0.2, 0) is 17.9 Å². The first-order valence-corrected chi connectivity index (χ1v) is 9.13. The summed E-state index contributed by atoms with van der Waals surface area (Å²) in [5, 5.41) is 17.5. The number of benzene rings is 1. The Kier molecular flexibility index (Phi) is 7.36. The van der Waals surface area contributed by atoms with E-state index in [1.807, 2.05) is 39.8 Å². The molecule has 1 heterocycles. The molecule has 2 rings (SSSR count). The number of nitrogens with zero attached hydrogens (tertiary/aromatic N) is 4. The van der Waals surface area contributed by atoms with Crippen LogP contribution in [0.2, 0.25) is 0 Å². The second-order valence-corrected chi connectivity index (χ2v) is 7.13. The van der Waals surface area contributed by atoms with E-state index >= 15 is 0 Å². The molecule has 2 aromatic rings. The Morgan fingerprint density at radius 1 is 1.29 bits per heavy atom. The summed E-state index contributed by atoms with van der Waals surface area (Å²) in [6, 6.07) is 5.56. The lowest BCUT2D eigenvalue weighted by molar-refractivity contribution is -0.124. The summed E-state index contributed by atoms with van der Waals surface area (Å²) in [4.78, 5) is 12.0. The van der Waals surface area contributed by atoms with Crippen molar-refractivity contribution in [2.75, 3.05) is 18.5 Å². The number of hydrogen-bond donors (Lipinski definition) is 2. The van der Waals surface area contributed by atoms with Gasteiger partial charge in [0.2, 0.25) is 5.95 Å². The number of ether oxygens (including phenoxy) is 2. The average Bonchev–Trinajstić information content (AvgIpc) is 3.05. The predicted molar refractivity (Wildman–Crippen MR) is 106 cm³/mol. The van der Waals surface area contributed by atoms with Gasteiger partial charge in [0.1, 0.15) is 0 Å². The van der Waals surface area contributed by atoms with Crippen molar-refractivity contribution >= 4 is 11.9 Å². The molecule has 2 N–H and O–H groups in total. The van der Waals surface area contributed by atoms with Crippen LogP contribution in [0.4, 0.5) is 5.95 Å². The van der Waals surface area contributed by atoms with E-state index in [1.165, 1.54) is 0 Å². The van der Waals surface area contributed by atoms with Gasteiger partial charge in [-0.1, -0.05) is 17.2 Å². The SMILES string of the molecule is C=CCn1nnnc1NCc1ccc(OCC(=O)NC(C)(C)C)c(OCC)c1. The summed E-state index contributed by atoms with van der Waals surface area (Å²) in [6.07, 6.45) is 1.72. The molecule has 1 aromatic carbocycles. The number of carbonyl (C=O) groups excluding carboxylic acids is 1. The van der Waals surface area contributed by atoms with Crippen molar-refractivity contribution in [1.82, 2.24) is 25.5 Å². The number of rotatable bonds is 10. The highest BCUT2D eigenvalue weighted by molar-refractivity contribution is 5.78. The minimum atomic E-state index is -0.306. The number of allylic oxidation sites excluding steroid dienone is 1. The van der Waals surface area contributed by atoms with Crippen molar-refractivity contribution in [2.24, 2.45) is 0 Å². The van der Waals surface area contributed by atoms with Crippen LogP contribution in [0.25, 0.3) is 0 Å². The number of nitrogens with one attached hydrogen (secondary N) is 2. The van der Waals surface area contributed by atoms with Crippen LogP contribution in [0.3, 0.4) is 0 Å². The lowest BCUT2D eigenvalue weighted by Crippen LogP contribution is -2.43. The van der Waals surface area contributed by atoms with Gasteiger partial charge in [-0.15, -0.1) is 6.58 Å². The van der Waals surface area contributed by atoms with Gasteiger partial charge in [0.25, 0.3) is 5.91 Å². The molecule has 0 radical (unpaired) electrons. The average molecular weight is 388 g/mol. The maximum absolute atomic E-state index is 12.0. The van der Waals surface area contributed by atoms with E-state index in [0.29, 0.717) is 37.1 Å². The second kappa shape index (κ2) is 9.72. The quantitative estimate of drug-likeness (QED) is 0.601. The van der Waals surface area contributed by atoms with Crippen LogP contribution in [0.5, 0.6) is 11.5 Å². The molecule has 9 heteroatoms. The number of aromatic nitrogens is 4. The summed E-state index contributed by atoms with van der Waals surface area (Å²) >= 11 is 0. The number of anilines is 1. The highest BCUT2D eigenvalue weighted by Gasteiger charge is 2.15. The zero-order chi connectivity index (χ0) is 20.6. The van der Waals surface area contributed by atoms with Crippen molar-refractivity contribution in [3.05, 3.63) is 36.4 Å². The first-order chi connectivity index (χ1) is 13.3. The first kappa shape index (κ1) is 21.2. The minimum Gasteiger partial charge on any atom is -0.490 e. The smallest absolute Gasteiger partial charge is 0.258 e. The summed E-state index contributed by atoms with van der Waals surface area (Å²) in [6.45, 7) is 12.8. The second-order valence-electron chi connectivity index (χ2n) is 7.13. The molecule has 28 heavy (non-hydrogen) atoms. The summed E-state index contributed by atoms with van der Waals surface area (Å²) in [5.74, 6) is 1.47. The third-order valence-corrected chi connectivity index (χ3v) is 3.47. The highest BCUT2D eigenvalue weighted by atomic mass is 16.5. The largest absolute Gasteiger partial charge is 0.490 e. The Morgan fingerprint density at radius 3 is 2.75 bits per heavy atom. The van der Waals surface area contributed by atoms with Crippen molar-refractivity contribution in [2.45, 2.75) is 46.3 Å². The van der Waals surface area contributed by atoms with Gasteiger partial charge in [-0.3, -0.25) is 4.79 Å². The molecule has 0 saturated heterocycles. The molecular formula is C19H28N6O3. The van der Waals surface area contributed by atoms with Crippen LogP contribution in [-0.4, -0.2) is 44.9 Å². The molecule has 1 amide bonds. The fourth-order valence-corrected chi connectivity index (χ4v) is 2.41. The minimum absolute atomic E-state index is 0.0781. The Balaban J connectivity index is 2.02. The van der Waals surface area contributed by atoms with Crippen LogP contribution >= 0.6 is 0 Å².